The third kappa shape index (κ3) is 3.73. The Hall–Kier alpha value is -3.40. The lowest BCUT2D eigenvalue weighted by Crippen LogP contribution is -2.20. The van der Waals surface area contributed by atoms with Gasteiger partial charge >= 0.3 is 6.18 Å². The first kappa shape index (κ1) is 19.9. The smallest absolute Gasteiger partial charge is 0.416 e. The Morgan fingerprint density at radius 2 is 1.90 bits per heavy atom. The monoisotopic (exact) mass is 416 g/mol. The lowest BCUT2D eigenvalue weighted by atomic mass is 10.1. The topological polar surface area (TPSA) is 90.4 Å². The highest BCUT2D eigenvalue weighted by Crippen LogP contribution is 2.31. The number of nitrogens with zero attached hydrogens (tertiary/aromatic N) is 4. The molecule has 156 valence electrons. The van der Waals surface area contributed by atoms with Crippen LogP contribution in [0, 0.1) is 0 Å². The second kappa shape index (κ2) is 7.79. The van der Waals surface area contributed by atoms with Crippen LogP contribution in [0.15, 0.2) is 42.5 Å². The summed E-state index contributed by atoms with van der Waals surface area (Å²) in [6.07, 6.45) is -3.96. The molecule has 0 atom stereocenters. The van der Waals surface area contributed by atoms with E-state index in [0.29, 0.717) is 35.7 Å². The van der Waals surface area contributed by atoms with E-state index in [1.54, 1.807) is 19.2 Å². The lowest BCUT2D eigenvalue weighted by molar-refractivity contribution is -0.138. The number of aromatic nitrogens is 4. The van der Waals surface area contributed by atoms with Crippen LogP contribution in [-0.2, 0) is 19.1 Å². The second-order valence-corrected chi connectivity index (χ2v) is 6.67. The van der Waals surface area contributed by atoms with E-state index in [0.717, 1.165) is 11.5 Å². The van der Waals surface area contributed by atoms with Crippen molar-refractivity contribution < 1.29 is 17.9 Å². The molecule has 0 aliphatic heterocycles. The van der Waals surface area contributed by atoms with E-state index < -0.39 is 11.7 Å². The van der Waals surface area contributed by atoms with Gasteiger partial charge in [-0.25, -0.2) is 9.97 Å². The number of methoxy groups -OCH3 is 1. The first-order valence-electron chi connectivity index (χ1n) is 9.22. The van der Waals surface area contributed by atoms with Crippen LogP contribution in [0.1, 0.15) is 17.0 Å². The summed E-state index contributed by atoms with van der Waals surface area (Å²) >= 11 is 0. The van der Waals surface area contributed by atoms with Gasteiger partial charge in [-0.3, -0.25) is 0 Å². The molecule has 0 radical (unpaired) electrons. The lowest BCUT2D eigenvalue weighted by Gasteiger charge is -2.12. The molecule has 2 aromatic heterocycles. The zero-order chi connectivity index (χ0) is 21.3. The summed E-state index contributed by atoms with van der Waals surface area (Å²) in [5.41, 5.74) is 6.72. The van der Waals surface area contributed by atoms with Crippen molar-refractivity contribution in [3.05, 3.63) is 59.4 Å². The third-order valence-electron chi connectivity index (χ3n) is 4.72. The maximum Gasteiger partial charge on any atom is 0.416 e. The predicted octanol–water partition coefficient (Wildman–Crippen LogP) is 3.22. The van der Waals surface area contributed by atoms with Crippen molar-refractivity contribution >= 4 is 22.5 Å². The summed E-state index contributed by atoms with van der Waals surface area (Å²) in [7, 11) is 1.55. The van der Waals surface area contributed by atoms with Crippen LogP contribution in [0.2, 0.25) is 0 Å². The van der Waals surface area contributed by atoms with Crippen LogP contribution in [0.4, 0.5) is 19.1 Å². The molecule has 2 heterocycles. The molecule has 0 saturated carbocycles. The van der Waals surface area contributed by atoms with Gasteiger partial charge in [-0.1, -0.05) is 24.3 Å². The zero-order valence-electron chi connectivity index (χ0n) is 16.1. The minimum atomic E-state index is -4.38. The highest BCUT2D eigenvalue weighted by molar-refractivity contribution is 5.95. The van der Waals surface area contributed by atoms with E-state index in [1.807, 2.05) is 12.1 Å². The quantitative estimate of drug-likeness (QED) is 0.469. The van der Waals surface area contributed by atoms with Gasteiger partial charge < -0.3 is 15.8 Å². The number of benzene rings is 2. The first-order chi connectivity index (χ1) is 14.4. The van der Waals surface area contributed by atoms with Crippen LogP contribution in [0.5, 0.6) is 5.75 Å². The molecule has 0 spiro atoms. The Morgan fingerprint density at radius 3 is 2.67 bits per heavy atom. The summed E-state index contributed by atoms with van der Waals surface area (Å²) in [4.78, 5) is 8.88. The number of hydrogen-bond donors (Lipinski definition) is 2. The number of nitrogen functional groups attached to an aromatic ring is 1. The number of rotatable bonds is 6. The number of anilines is 1. The largest absolute Gasteiger partial charge is 0.494 e. The number of nitrogens with one attached hydrogen (secondary N) is 1. The van der Waals surface area contributed by atoms with E-state index in [4.69, 9.17) is 10.5 Å². The molecule has 0 bridgehead atoms. The molecule has 30 heavy (non-hydrogen) atoms. The number of fused-ring (bicyclic) bond motifs is 3. The van der Waals surface area contributed by atoms with Crippen molar-refractivity contribution in [3.8, 4) is 5.75 Å². The molecule has 0 fully saturated rings. The number of hydrogen-bond acceptors (Lipinski definition) is 6. The fraction of sp³-hybridized carbons (Fsp3) is 0.250. The molecule has 2 aromatic carbocycles. The number of para-hydroxylation sites is 1. The van der Waals surface area contributed by atoms with Crippen LogP contribution in [0.3, 0.4) is 0 Å². The van der Waals surface area contributed by atoms with E-state index in [9.17, 15) is 13.2 Å². The van der Waals surface area contributed by atoms with Crippen molar-refractivity contribution in [3.63, 3.8) is 0 Å². The van der Waals surface area contributed by atoms with Crippen molar-refractivity contribution in [1.82, 2.24) is 24.9 Å². The fourth-order valence-corrected chi connectivity index (χ4v) is 3.31. The molecule has 10 heteroatoms. The maximum absolute atomic E-state index is 13.1. The SMILES string of the molecule is COc1cccc2c1nc(N)n1nc(CCNCc3ccccc3C(F)(F)F)nc21. The van der Waals surface area contributed by atoms with Gasteiger partial charge in [-0.2, -0.15) is 17.7 Å². The van der Waals surface area contributed by atoms with Gasteiger partial charge in [0, 0.05) is 24.9 Å². The Balaban J connectivity index is 1.51. The second-order valence-electron chi connectivity index (χ2n) is 6.67. The molecule has 0 saturated heterocycles. The Labute approximate surface area is 169 Å². The number of nitrogens with two attached hydrogens (primary N) is 1. The van der Waals surface area contributed by atoms with Crippen molar-refractivity contribution in [2.24, 2.45) is 0 Å². The van der Waals surface area contributed by atoms with Gasteiger partial charge in [-0.05, 0) is 23.8 Å². The maximum atomic E-state index is 13.1. The number of alkyl halides is 3. The summed E-state index contributed by atoms with van der Waals surface area (Å²) in [6, 6.07) is 11.0. The van der Waals surface area contributed by atoms with Crippen LogP contribution < -0.4 is 15.8 Å². The minimum absolute atomic E-state index is 0.0902. The molecule has 7 nitrogen and oxygen atoms in total. The van der Waals surface area contributed by atoms with Gasteiger partial charge in [0.25, 0.3) is 0 Å². The van der Waals surface area contributed by atoms with Gasteiger partial charge in [0.15, 0.2) is 11.5 Å². The standard InChI is InChI=1S/C20H19F3N6O/c1-30-15-8-4-6-13-17(15)27-19(24)29-18(13)26-16(28-29)9-10-25-11-12-5-2-3-7-14(12)20(21,22)23/h2-8,25H,9-11H2,1H3,(H2,24,27). The van der Waals surface area contributed by atoms with Gasteiger partial charge in [0.2, 0.25) is 5.95 Å². The molecule has 3 N–H and O–H groups in total. The molecule has 4 rings (SSSR count). The number of ether oxygens (including phenoxy) is 1. The average Bonchev–Trinajstić information content (AvgIpc) is 3.16. The van der Waals surface area contributed by atoms with Crippen molar-refractivity contribution in [2.75, 3.05) is 19.4 Å². The summed E-state index contributed by atoms with van der Waals surface area (Å²) in [5, 5.41) is 8.14. The van der Waals surface area contributed by atoms with Crippen molar-refractivity contribution in [1.29, 1.82) is 0 Å². The Morgan fingerprint density at radius 1 is 1.10 bits per heavy atom. The average molecular weight is 416 g/mol. The predicted molar refractivity (Wildman–Crippen MR) is 106 cm³/mol. The van der Waals surface area contributed by atoms with E-state index in [-0.39, 0.29) is 18.1 Å². The molecular weight excluding hydrogens is 397 g/mol. The summed E-state index contributed by atoms with van der Waals surface area (Å²) in [6.45, 7) is 0.491. The zero-order valence-corrected chi connectivity index (χ0v) is 16.1. The molecule has 0 amide bonds. The molecule has 0 unspecified atom stereocenters. The molecular formula is C20H19F3N6O. The highest BCUT2D eigenvalue weighted by Gasteiger charge is 2.32. The third-order valence-corrected chi connectivity index (χ3v) is 4.72. The van der Waals surface area contributed by atoms with E-state index >= 15 is 0 Å². The van der Waals surface area contributed by atoms with Gasteiger partial charge in [-0.15, -0.1) is 5.10 Å². The molecule has 0 aliphatic carbocycles. The fourth-order valence-electron chi connectivity index (χ4n) is 3.31. The highest BCUT2D eigenvalue weighted by atomic mass is 19.4. The number of halogens is 3. The normalized spacial score (nSPS) is 12.0. The van der Waals surface area contributed by atoms with Crippen LogP contribution in [-0.4, -0.2) is 33.2 Å². The van der Waals surface area contributed by atoms with E-state index in [1.165, 1.54) is 16.6 Å². The van der Waals surface area contributed by atoms with Crippen LogP contribution in [0.25, 0.3) is 16.6 Å². The summed E-state index contributed by atoms with van der Waals surface area (Å²) < 4.78 is 46.0. The first-order valence-corrected chi connectivity index (χ1v) is 9.22. The minimum Gasteiger partial charge on any atom is -0.494 e. The van der Waals surface area contributed by atoms with Crippen molar-refractivity contribution in [2.45, 2.75) is 19.1 Å². The van der Waals surface area contributed by atoms with Crippen LogP contribution >= 0.6 is 0 Å². The van der Waals surface area contributed by atoms with Gasteiger partial charge in [0.05, 0.1) is 12.7 Å². The molecule has 4 aromatic rings. The Bertz CT molecular complexity index is 1200. The molecule has 0 aliphatic rings. The summed E-state index contributed by atoms with van der Waals surface area (Å²) in [5.74, 6) is 1.26. The van der Waals surface area contributed by atoms with Gasteiger partial charge in [0.1, 0.15) is 11.3 Å². The Kier molecular flexibility index (Phi) is 5.17. The van der Waals surface area contributed by atoms with E-state index in [2.05, 4.69) is 20.4 Å².